The van der Waals surface area contributed by atoms with Crippen LogP contribution in [-0.4, -0.2) is 31.4 Å². The molecule has 7 heteroatoms. The lowest BCUT2D eigenvalue weighted by atomic mass is 10.0. The van der Waals surface area contributed by atoms with Crippen molar-refractivity contribution in [3.63, 3.8) is 0 Å². The molecule has 2 N–H and O–H groups in total. The van der Waals surface area contributed by atoms with E-state index < -0.39 is 6.17 Å². The van der Waals surface area contributed by atoms with Gasteiger partial charge in [-0.25, -0.2) is 0 Å². The van der Waals surface area contributed by atoms with Gasteiger partial charge in [-0.2, -0.15) is 0 Å². The van der Waals surface area contributed by atoms with E-state index in [1.807, 2.05) is 66.1 Å². The van der Waals surface area contributed by atoms with Crippen LogP contribution in [0.5, 0.6) is 0 Å². The molecule has 0 aliphatic carbocycles. The number of aromatic amines is 1. The number of rotatable bonds is 5. The predicted octanol–water partition coefficient (Wildman–Crippen LogP) is 4.47. The van der Waals surface area contributed by atoms with Gasteiger partial charge in [0.25, 0.3) is 5.91 Å². The summed E-state index contributed by atoms with van der Waals surface area (Å²) in [6, 6.07) is 19.6. The summed E-state index contributed by atoms with van der Waals surface area (Å²) in [4.78, 5) is 21.3. The number of carbonyl (C=O) groups excluding carboxylic acids is 1. The number of hydrogen-bond donors (Lipinski definition) is 2. The van der Waals surface area contributed by atoms with Crippen molar-refractivity contribution < 1.29 is 4.79 Å². The van der Waals surface area contributed by atoms with Crippen LogP contribution in [0, 0.1) is 6.92 Å². The highest BCUT2D eigenvalue weighted by Crippen LogP contribution is 2.30. The average Bonchev–Trinajstić information content (AvgIpc) is 3.42. The van der Waals surface area contributed by atoms with E-state index in [9.17, 15) is 4.79 Å². The van der Waals surface area contributed by atoms with Crippen molar-refractivity contribution in [1.82, 2.24) is 25.1 Å². The van der Waals surface area contributed by atoms with Crippen LogP contribution in [0.2, 0.25) is 0 Å². The number of para-hydroxylation sites is 1. The molecule has 0 saturated heterocycles. The maximum atomic E-state index is 13.2. The van der Waals surface area contributed by atoms with Crippen molar-refractivity contribution in [2.75, 3.05) is 0 Å². The first-order chi connectivity index (χ1) is 16.1. The number of nitrogens with zero attached hydrogens (tertiary/aromatic N) is 4. The second-order valence-corrected chi connectivity index (χ2v) is 7.64. The van der Waals surface area contributed by atoms with Gasteiger partial charge < -0.3 is 10.3 Å². The van der Waals surface area contributed by atoms with Crippen molar-refractivity contribution in [2.45, 2.75) is 13.1 Å². The van der Waals surface area contributed by atoms with Gasteiger partial charge in [-0.3, -0.25) is 14.4 Å². The monoisotopic (exact) mass is 434 g/mol. The third kappa shape index (κ3) is 3.49. The van der Waals surface area contributed by atoms with Crippen molar-refractivity contribution in [1.29, 1.82) is 0 Å². The van der Waals surface area contributed by atoms with Crippen LogP contribution in [0.1, 0.15) is 50.7 Å². The summed E-state index contributed by atoms with van der Waals surface area (Å²) in [7, 11) is 0. The molecule has 1 aliphatic rings. The summed E-state index contributed by atoms with van der Waals surface area (Å²) in [5.41, 5.74) is 5.49. The van der Waals surface area contributed by atoms with E-state index in [4.69, 9.17) is 4.99 Å². The summed E-state index contributed by atoms with van der Waals surface area (Å²) in [5, 5.41) is 11.7. The number of nitrogens with one attached hydrogen (secondary N) is 2. The third-order valence-electron chi connectivity index (χ3n) is 5.62. The van der Waals surface area contributed by atoms with E-state index in [2.05, 4.69) is 33.7 Å². The summed E-state index contributed by atoms with van der Waals surface area (Å²) >= 11 is 0. The number of hydrogen-bond acceptors (Lipinski definition) is 4. The number of benzene rings is 2. The number of fused-ring (bicyclic) bond motifs is 3. The molecule has 0 spiro atoms. The fraction of sp³-hybridized carbons (Fsp3) is 0.0769. The lowest BCUT2D eigenvalue weighted by Crippen LogP contribution is -2.29. The van der Waals surface area contributed by atoms with Gasteiger partial charge in [-0.15, -0.1) is 10.2 Å². The smallest absolute Gasteiger partial charge is 0.269 e. The molecule has 1 unspecified atom stereocenters. The van der Waals surface area contributed by atoms with Crippen LogP contribution in [0.3, 0.4) is 0 Å². The second kappa shape index (κ2) is 8.20. The second-order valence-electron chi connectivity index (χ2n) is 7.64. The summed E-state index contributed by atoms with van der Waals surface area (Å²) in [6.07, 6.45) is 2.59. The Morgan fingerprint density at radius 1 is 1.06 bits per heavy atom. The highest BCUT2D eigenvalue weighted by Gasteiger charge is 2.29. The van der Waals surface area contributed by atoms with E-state index in [0.717, 1.165) is 33.8 Å². The summed E-state index contributed by atoms with van der Waals surface area (Å²) < 4.78 is 1.94. The summed E-state index contributed by atoms with van der Waals surface area (Å²) in [5.74, 6) is 0.938. The maximum Gasteiger partial charge on any atom is 0.269 e. The zero-order valence-electron chi connectivity index (χ0n) is 18.1. The minimum atomic E-state index is -0.746. The molecule has 5 rings (SSSR count). The molecule has 0 saturated carbocycles. The van der Waals surface area contributed by atoms with Crippen LogP contribution >= 0.6 is 0 Å². The maximum absolute atomic E-state index is 13.2. The Kier molecular flexibility index (Phi) is 5.06. The largest absolute Gasteiger partial charge is 0.351 e. The zero-order valence-corrected chi connectivity index (χ0v) is 18.1. The van der Waals surface area contributed by atoms with Crippen molar-refractivity contribution >= 4 is 23.8 Å². The van der Waals surface area contributed by atoms with Gasteiger partial charge >= 0.3 is 0 Å². The molecular weight excluding hydrogens is 412 g/mol. The molecular formula is C26H22N6O. The lowest BCUT2D eigenvalue weighted by Gasteiger charge is -2.14. The Labute approximate surface area is 191 Å². The lowest BCUT2D eigenvalue weighted by molar-refractivity contribution is 0.0931. The number of aliphatic imine (C=N–C) groups is 1. The molecule has 2 aromatic heterocycles. The molecule has 7 nitrogen and oxygen atoms in total. The first kappa shape index (κ1) is 20.4. The van der Waals surface area contributed by atoms with Crippen LogP contribution in [0.4, 0.5) is 0 Å². The molecule has 1 aliphatic heterocycles. The molecule has 4 aromatic rings. The van der Waals surface area contributed by atoms with Gasteiger partial charge in [-0.05, 0) is 30.7 Å². The van der Waals surface area contributed by atoms with E-state index >= 15 is 0 Å². The number of aryl methyl sites for hydroxylation is 1. The van der Waals surface area contributed by atoms with E-state index in [-0.39, 0.29) is 5.91 Å². The van der Waals surface area contributed by atoms with Crippen molar-refractivity contribution in [3.8, 4) is 5.69 Å². The predicted molar refractivity (Wildman–Crippen MR) is 129 cm³/mol. The first-order valence-corrected chi connectivity index (χ1v) is 10.5. The minimum absolute atomic E-state index is 0.314. The van der Waals surface area contributed by atoms with Gasteiger partial charge in [0, 0.05) is 16.8 Å². The Bertz CT molecular complexity index is 1380. The topological polar surface area (TPSA) is 88.0 Å². The van der Waals surface area contributed by atoms with Crippen molar-refractivity contribution in [2.24, 2.45) is 4.99 Å². The van der Waals surface area contributed by atoms with Crippen LogP contribution in [-0.2, 0) is 0 Å². The minimum Gasteiger partial charge on any atom is -0.351 e. The fourth-order valence-corrected chi connectivity index (χ4v) is 4.05. The Morgan fingerprint density at radius 3 is 2.55 bits per heavy atom. The van der Waals surface area contributed by atoms with E-state index in [0.29, 0.717) is 17.3 Å². The molecule has 162 valence electrons. The van der Waals surface area contributed by atoms with E-state index in [1.54, 1.807) is 18.2 Å². The van der Waals surface area contributed by atoms with Crippen LogP contribution in [0.15, 0.2) is 78.8 Å². The molecule has 1 atom stereocenters. The zero-order chi connectivity index (χ0) is 22.9. The Morgan fingerprint density at radius 2 is 1.82 bits per heavy atom. The molecule has 3 heterocycles. The standard InChI is InChI=1S/C26H22N6O/c1-4-17-15-21(27-20(17)5-2)26(33)29-24-25-31-30-16(3)32(25)22-14-10-9-13-19(22)23(28-24)18-11-7-6-8-12-18/h4-15,24,27H,1-2H2,3H3,(H,29,33). The van der Waals surface area contributed by atoms with Crippen molar-refractivity contribution in [3.05, 3.63) is 114 Å². The van der Waals surface area contributed by atoms with Gasteiger partial charge in [0.05, 0.1) is 11.4 Å². The normalized spacial score (nSPS) is 14.5. The molecule has 1 amide bonds. The number of carbonyl (C=O) groups is 1. The fourth-order valence-electron chi connectivity index (χ4n) is 4.05. The molecule has 0 bridgehead atoms. The quantitative estimate of drug-likeness (QED) is 0.486. The number of H-pyrrole nitrogens is 1. The van der Waals surface area contributed by atoms with Crippen LogP contribution in [0.25, 0.3) is 17.8 Å². The first-order valence-electron chi connectivity index (χ1n) is 10.5. The molecule has 2 aromatic carbocycles. The number of amides is 1. The number of aromatic nitrogens is 4. The van der Waals surface area contributed by atoms with Crippen LogP contribution < -0.4 is 5.32 Å². The van der Waals surface area contributed by atoms with Gasteiger partial charge in [0.15, 0.2) is 12.0 Å². The van der Waals surface area contributed by atoms with E-state index in [1.165, 1.54) is 0 Å². The highest BCUT2D eigenvalue weighted by atomic mass is 16.2. The molecule has 33 heavy (non-hydrogen) atoms. The summed E-state index contributed by atoms with van der Waals surface area (Å²) in [6.45, 7) is 9.47. The van der Waals surface area contributed by atoms with Gasteiger partial charge in [0.2, 0.25) is 0 Å². The Balaban J connectivity index is 1.64. The average molecular weight is 435 g/mol. The Hall–Kier alpha value is -4.52. The molecule has 0 radical (unpaired) electrons. The van der Waals surface area contributed by atoms with Gasteiger partial charge in [0.1, 0.15) is 11.5 Å². The SMILES string of the molecule is C=Cc1cc(C(=O)NC2N=C(c3ccccc3)c3ccccc3-n3c(C)nnc32)[nH]c1C=C. The van der Waals surface area contributed by atoms with Gasteiger partial charge in [-0.1, -0.05) is 67.8 Å². The molecule has 0 fully saturated rings. The third-order valence-corrected chi connectivity index (χ3v) is 5.62. The highest BCUT2D eigenvalue weighted by molar-refractivity contribution is 6.15.